The van der Waals surface area contributed by atoms with Gasteiger partial charge in [-0.1, -0.05) is 6.07 Å². The van der Waals surface area contributed by atoms with Crippen LogP contribution in [0.2, 0.25) is 0 Å². The van der Waals surface area contributed by atoms with Crippen LogP contribution in [0, 0.1) is 0 Å². The van der Waals surface area contributed by atoms with E-state index in [1.54, 1.807) is 18.7 Å². The predicted octanol–water partition coefficient (Wildman–Crippen LogP) is 3.47. The molecule has 0 unspecified atom stereocenters. The van der Waals surface area contributed by atoms with Crippen LogP contribution < -0.4 is 0 Å². The summed E-state index contributed by atoms with van der Waals surface area (Å²) in [6.07, 6.45) is 4.01. The van der Waals surface area contributed by atoms with E-state index < -0.39 is 0 Å². The average molecular weight is 262 g/mol. The molecule has 86 valence electrons. The maximum absolute atomic E-state index is 11.6. The molecule has 0 atom stereocenters. The van der Waals surface area contributed by atoms with Crippen molar-refractivity contribution in [3.05, 3.63) is 29.3 Å². The molecule has 0 aliphatic rings. The number of thiophene rings is 1. The first kappa shape index (κ1) is 10.8. The number of nitrogens with zero attached hydrogens (tertiary/aromatic N) is 2. The Morgan fingerprint density at radius 1 is 1.47 bits per heavy atom. The second-order valence-corrected chi connectivity index (χ2v) is 5.81. The SMILES string of the molecule is CSc1sc(C(C)=O)c2nc3ccccn3c12. The van der Waals surface area contributed by atoms with Gasteiger partial charge in [-0.25, -0.2) is 4.98 Å². The fraction of sp³-hybridized carbons (Fsp3) is 0.167. The third-order valence-electron chi connectivity index (χ3n) is 2.64. The zero-order valence-corrected chi connectivity index (χ0v) is 11.1. The lowest BCUT2D eigenvalue weighted by Gasteiger charge is -1.94. The Morgan fingerprint density at radius 2 is 2.29 bits per heavy atom. The molecule has 17 heavy (non-hydrogen) atoms. The molecule has 3 nitrogen and oxygen atoms in total. The number of carbonyl (C=O) groups is 1. The van der Waals surface area contributed by atoms with E-state index in [1.165, 1.54) is 11.3 Å². The lowest BCUT2D eigenvalue weighted by atomic mass is 10.3. The minimum absolute atomic E-state index is 0.0868. The number of pyridine rings is 1. The molecule has 0 aromatic carbocycles. The molecule has 0 N–H and O–H groups in total. The van der Waals surface area contributed by atoms with Crippen LogP contribution in [0.4, 0.5) is 0 Å². The van der Waals surface area contributed by atoms with Gasteiger partial charge in [-0.15, -0.1) is 23.1 Å². The Kier molecular flexibility index (Phi) is 2.45. The third kappa shape index (κ3) is 1.50. The van der Waals surface area contributed by atoms with Gasteiger partial charge < -0.3 is 0 Å². The highest BCUT2D eigenvalue weighted by Crippen LogP contribution is 2.37. The monoisotopic (exact) mass is 262 g/mol. The van der Waals surface area contributed by atoms with Crippen LogP contribution in [0.1, 0.15) is 16.6 Å². The van der Waals surface area contributed by atoms with Crippen molar-refractivity contribution in [1.29, 1.82) is 0 Å². The van der Waals surface area contributed by atoms with Gasteiger partial charge >= 0.3 is 0 Å². The second kappa shape index (κ2) is 3.85. The molecule has 0 spiro atoms. The molecule has 0 fully saturated rings. The van der Waals surface area contributed by atoms with Crippen molar-refractivity contribution in [2.24, 2.45) is 0 Å². The lowest BCUT2D eigenvalue weighted by Crippen LogP contribution is -1.86. The summed E-state index contributed by atoms with van der Waals surface area (Å²) >= 11 is 3.19. The smallest absolute Gasteiger partial charge is 0.172 e. The molecule has 0 saturated carbocycles. The summed E-state index contributed by atoms with van der Waals surface area (Å²) in [7, 11) is 0. The van der Waals surface area contributed by atoms with E-state index >= 15 is 0 Å². The van der Waals surface area contributed by atoms with Crippen LogP contribution in [0.3, 0.4) is 0 Å². The number of rotatable bonds is 2. The van der Waals surface area contributed by atoms with Crippen molar-refractivity contribution in [2.45, 2.75) is 11.1 Å². The summed E-state index contributed by atoms with van der Waals surface area (Å²) in [6.45, 7) is 1.60. The van der Waals surface area contributed by atoms with Gasteiger partial charge in [0.15, 0.2) is 5.78 Å². The topological polar surface area (TPSA) is 34.4 Å². The number of hydrogen-bond donors (Lipinski definition) is 0. The van der Waals surface area contributed by atoms with Gasteiger partial charge in [-0.2, -0.15) is 0 Å². The first-order valence-corrected chi connectivity index (χ1v) is 7.21. The van der Waals surface area contributed by atoms with E-state index in [2.05, 4.69) is 4.98 Å². The Labute approximate surface area is 106 Å². The highest BCUT2D eigenvalue weighted by molar-refractivity contribution is 8.00. The van der Waals surface area contributed by atoms with E-state index in [-0.39, 0.29) is 5.78 Å². The second-order valence-electron chi connectivity index (χ2n) is 3.72. The van der Waals surface area contributed by atoms with Gasteiger partial charge in [0.2, 0.25) is 0 Å². The van der Waals surface area contributed by atoms with Crippen molar-refractivity contribution < 1.29 is 4.79 Å². The lowest BCUT2D eigenvalue weighted by molar-refractivity contribution is 0.102. The molecule has 0 radical (unpaired) electrons. The Hall–Kier alpha value is -1.33. The van der Waals surface area contributed by atoms with Gasteiger partial charge in [-0.3, -0.25) is 9.20 Å². The summed E-state index contributed by atoms with van der Waals surface area (Å²) < 4.78 is 3.19. The molecule has 5 heteroatoms. The fourth-order valence-electron chi connectivity index (χ4n) is 1.92. The van der Waals surface area contributed by atoms with Crippen LogP contribution >= 0.6 is 23.1 Å². The summed E-state index contributed by atoms with van der Waals surface area (Å²) in [5, 5.41) is 0. The first-order valence-electron chi connectivity index (χ1n) is 5.17. The fourth-order valence-corrected chi connectivity index (χ4v) is 3.75. The van der Waals surface area contributed by atoms with E-state index in [0.717, 1.165) is 25.8 Å². The molecular formula is C12H10N2OS2. The average Bonchev–Trinajstić information content (AvgIpc) is 2.84. The minimum Gasteiger partial charge on any atom is -0.298 e. The van der Waals surface area contributed by atoms with Crippen LogP contribution in [0.5, 0.6) is 0 Å². The summed E-state index contributed by atoms with van der Waals surface area (Å²) in [5.74, 6) is 0.0868. The van der Waals surface area contributed by atoms with Gasteiger partial charge in [0.05, 0.1) is 14.6 Å². The number of aromatic nitrogens is 2. The Bertz CT molecular complexity index is 727. The van der Waals surface area contributed by atoms with Crippen molar-refractivity contribution in [3.8, 4) is 0 Å². The van der Waals surface area contributed by atoms with Crippen LogP contribution in [-0.2, 0) is 0 Å². The third-order valence-corrected chi connectivity index (χ3v) is 5.02. The van der Waals surface area contributed by atoms with Gasteiger partial charge in [-0.05, 0) is 18.4 Å². The van der Waals surface area contributed by atoms with Crippen molar-refractivity contribution in [1.82, 2.24) is 9.38 Å². The molecule has 3 rings (SSSR count). The molecule has 3 aromatic heterocycles. The quantitative estimate of drug-likeness (QED) is 0.524. The highest BCUT2D eigenvalue weighted by atomic mass is 32.2. The summed E-state index contributed by atoms with van der Waals surface area (Å²) in [4.78, 5) is 16.9. The zero-order chi connectivity index (χ0) is 12.0. The summed E-state index contributed by atoms with van der Waals surface area (Å²) in [6, 6.07) is 5.89. The molecule has 0 saturated heterocycles. The van der Waals surface area contributed by atoms with E-state index in [1.807, 2.05) is 35.1 Å². The minimum atomic E-state index is 0.0868. The maximum atomic E-state index is 11.6. The summed E-state index contributed by atoms with van der Waals surface area (Å²) in [5.41, 5.74) is 2.78. The van der Waals surface area contributed by atoms with Crippen LogP contribution in [-0.4, -0.2) is 21.4 Å². The number of imidazole rings is 1. The molecule has 3 aromatic rings. The number of fused-ring (bicyclic) bond motifs is 3. The number of ketones is 1. The number of thioether (sulfide) groups is 1. The standard InChI is InChI=1S/C12H10N2OS2/c1-7(15)11-9-10(12(16-2)17-11)14-6-4-3-5-8(14)13-9/h3-6H,1-2H3. The van der Waals surface area contributed by atoms with Gasteiger partial charge in [0.1, 0.15) is 11.2 Å². The largest absolute Gasteiger partial charge is 0.298 e. The van der Waals surface area contributed by atoms with Crippen molar-refractivity contribution in [3.63, 3.8) is 0 Å². The number of Topliss-reactive ketones (excluding diaryl/α,β-unsaturated/α-hetero) is 1. The molecule has 0 aliphatic carbocycles. The molecule has 3 heterocycles. The predicted molar refractivity (Wildman–Crippen MR) is 72.4 cm³/mol. The van der Waals surface area contributed by atoms with E-state index in [0.29, 0.717) is 0 Å². The number of hydrogen-bond acceptors (Lipinski definition) is 4. The maximum Gasteiger partial charge on any atom is 0.172 e. The van der Waals surface area contributed by atoms with Gasteiger partial charge in [0, 0.05) is 13.1 Å². The highest BCUT2D eigenvalue weighted by Gasteiger charge is 2.19. The van der Waals surface area contributed by atoms with Crippen molar-refractivity contribution in [2.75, 3.05) is 6.26 Å². The normalized spacial score (nSPS) is 11.4. The van der Waals surface area contributed by atoms with Crippen molar-refractivity contribution >= 4 is 45.6 Å². The van der Waals surface area contributed by atoms with E-state index in [9.17, 15) is 4.79 Å². The van der Waals surface area contributed by atoms with Gasteiger partial charge in [0.25, 0.3) is 0 Å². The molecule has 0 bridgehead atoms. The Balaban J connectivity index is 2.51. The number of carbonyl (C=O) groups excluding carboxylic acids is 1. The molecular weight excluding hydrogens is 252 g/mol. The zero-order valence-electron chi connectivity index (χ0n) is 9.43. The first-order chi connectivity index (χ1) is 8.22. The van der Waals surface area contributed by atoms with Crippen LogP contribution in [0.25, 0.3) is 16.7 Å². The Morgan fingerprint density at radius 3 is 3.00 bits per heavy atom. The molecule has 0 aliphatic heterocycles. The van der Waals surface area contributed by atoms with Crippen LogP contribution in [0.15, 0.2) is 28.6 Å². The molecule has 0 amide bonds. The van der Waals surface area contributed by atoms with E-state index in [4.69, 9.17) is 0 Å².